The standard InChI is InChI=1S/C12H15NO3/c1-3-4-11(14)13-10-6-5-8(2)7-9(10)12(15)16/h5-7H,3-4H2,1-2H3,(H,13,14)(H,15,16). The van der Waals surface area contributed by atoms with Crippen molar-refractivity contribution in [2.45, 2.75) is 26.7 Å². The zero-order valence-electron chi connectivity index (χ0n) is 9.41. The molecular weight excluding hydrogens is 206 g/mol. The monoisotopic (exact) mass is 221 g/mol. The Bertz CT molecular complexity index is 413. The Morgan fingerprint density at radius 1 is 1.38 bits per heavy atom. The summed E-state index contributed by atoms with van der Waals surface area (Å²) in [7, 11) is 0. The lowest BCUT2D eigenvalue weighted by Crippen LogP contribution is -2.14. The van der Waals surface area contributed by atoms with E-state index < -0.39 is 5.97 Å². The number of aryl methyl sites for hydroxylation is 1. The fourth-order valence-electron chi connectivity index (χ4n) is 1.38. The van der Waals surface area contributed by atoms with Gasteiger partial charge in [0.1, 0.15) is 0 Å². The predicted octanol–water partition coefficient (Wildman–Crippen LogP) is 2.43. The quantitative estimate of drug-likeness (QED) is 0.820. The molecule has 16 heavy (non-hydrogen) atoms. The van der Waals surface area contributed by atoms with Crippen molar-refractivity contribution >= 4 is 17.6 Å². The first-order valence-electron chi connectivity index (χ1n) is 5.18. The van der Waals surface area contributed by atoms with Crippen molar-refractivity contribution in [1.82, 2.24) is 0 Å². The minimum absolute atomic E-state index is 0.129. The second kappa shape index (κ2) is 5.30. The smallest absolute Gasteiger partial charge is 0.337 e. The number of hydrogen-bond acceptors (Lipinski definition) is 2. The summed E-state index contributed by atoms with van der Waals surface area (Å²) < 4.78 is 0. The molecule has 0 fully saturated rings. The van der Waals surface area contributed by atoms with E-state index in [0.29, 0.717) is 12.1 Å². The van der Waals surface area contributed by atoms with E-state index in [1.54, 1.807) is 18.2 Å². The maximum absolute atomic E-state index is 11.4. The zero-order chi connectivity index (χ0) is 12.1. The molecule has 0 radical (unpaired) electrons. The second-order valence-corrected chi connectivity index (χ2v) is 3.65. The molecule has 0 aliphatic heterocycles. The van der Waals surface area contributed by atoms with Crippen molar-refractivity contribution in [2.24, 2.45) is 0 Å². The number of nitrogens with one attached hydrogen (secondary N) is 1. The summed E-state index contributed by atoms with van der Waals surface area (Å²) in [6.07, 6.45) is 1.13. The third-order valence-corrected chi connectivity index (χ3v) is 2.16. The molecule has 4 nitrogen and oxygen atoms in total. The highest BCUT2D eigenvalue weighted by Crippen LogP contribution is 2.17. The van der Waals surface area contributed by atoms with E-state index in [-0.39, 0.29) is 11.5 Å². The van der Waals surface area contributed by atoms with Crippen LogP contribution in [0.25, 0.3) is 0 Å². The Morgan fingerprint density at radius 2 is 2.06 bits per heavy atom. The van der Waals surface area contributed by atoms with Gasteiger partial charge in [0.25, 0.3) is 0 Å². The number of hydrogen-bond donors (Lipinski definition) is 2. The molecule has 1 aromatic carbocycles. The molecule has 0 heterocycles. The number of anilines is 1. The van der Waals surface area contributed by atoms with Crippen molar-refractivity contribution in [3.8, 4) is 0 Å². The van der Waals surface area contributed by atoms with Crippen molar-refractivity contribution in [1.29, 1.82) is 0 Å². The van der Waals surface area contributed by atoms with E-state index in [9.17, 15) is 9.59 Å². The van der Waals surface area contributed by atoms with Gasteiger partial charge in [0, 0.05) is 6.42 Å². The average Bonchev–Trinajstić information content (AvgIpc) is 2.20. The number of carbonyl (C=O) groups is 2. The van der Waals surface area contributed by atoms with Gasteiger partial charge < -0.3 is 10.4 Å². The summed E-state index contributed by atoms with van der Waals surface area (Å²) >= 11 is 0. The van der Waals surface area contributed by atoms with Crippen LogP contribution in [0.1, 0.15) is 35.7 Å². The first kappa shape index (κ1) is 12.2. The molecule has 0 aliphatic carbocycles. The molecule has 1 amide bonds. The van der Waals surface area contributed by atoms with E-state index in [1.807, 2.05) is 13.8 Å². The highest BCUT2D eigenvalue weighted by atomic mass is 16.4. The molecule has 0 aromatic heterocycles. The van der Waals surface area contributed by atoms with Crippen molar-refractivity contribution in [3.05, 3.63) is 29.3 Å². The molecule has 0 saturated carbocycles. The lowest BCUT2D eigenvalue weighted by atomic mass is 10.1. The van der Waals surface area contributed by atoms with Gasteiger partial charge in [0.05, 0.1) is 11.3 Å². The summed E-state index contributed by atoms with van der Waals surface area (Å²) in [5.74, 6) is -1.19. The Kier molecular flexibility index (Phi) is 4.05. The molecule has 2 N–H and O–H groups in total. The third-order valence-electron chi connectivity index (χ3n) is 2.16. The average molecular weight is 221 g/mol. The lowest BCUT2D eigenvalue weighted by Gasteiger charge is -2.08. The summed E-state index contributed by atoms with van der Waals surface area (Å²) in [6.45, 7) is 3.71. The molecule has 86 valence electrons. The number of benzene rings is 1. The van der Waals surface area contributed by atoms with Crippen LogP contribution in [0, 0.1) is 6.92 Å². The minimum Gasteiger partial charge on any atom is -0.478 e. The van der Waals surface area contributed by atoms with Crippen LogP contribution >= 0.6 is 0 Å². The molecule has 1 rings (SSSR count). The van der Waals surface area contributed by atoms with E-state index in [2.05, 4.69) is 5.32 Å². The van der Waals surface area contributed by atoms with Gasteiger partial charge in [-0.05, 0) is 25.5 Å². The second-order valence-electron chi connectivity index (χ2n) is 3.65. The maximum atomic E-state index is 11.4. The Balaban J connectivity index is 2.95. The fourth-order valence-corrected chi connectivity index (χ4v) is 1.38. The van der Waals surface area contributed by atoms with Crippen molar-refractivity contribution in [3.63, 3.8) is 0 Å². The lowest BCUT2D eigenvalue weighted by molar-refractivity contribution is -0.116. The number of carboxylic acid groups (broad SMARTS) is 1. The van der Waals surface area contributed by atoms with E-state index in [4.69, 9.17) is 5.11 Å². The van der Waals surface area contributed by atoms with Gasteiger partial charge >= 0.3 is 5.97 Å². The Labute approximate surface area is 94.3 Å². The van der Waals surface area contributed by atoms with Crippen LogP contribution in [0.5, 0.6) is 0 Å². The molecule has 0 saturated heterocycles. The summed E-state index contributed by atoms with van der Waals surface area (Å²) in [5, 5.41) is 11.6. The van der Waals surface area contributed by atoms with Gasteiger partial charge in [-0.3, -0.25) is 4.79 Å². The van der Waals surface area contributed by atoms with Crippen LogP contribution in [0.2, 0.25) is 0 Å². The van der Waals surface area contributed by atoms with Gasteiger partial charge in [0.2, 0.25) is 5.91 Å². The molecule has 0 unspecified atom stereocenters. The first-order valence-corrected chi connectivity index (χ1v) is 5.18. The SMILES string of the molecule is CCCC(=O)Nc1ccc(C)cc1C(=O)O. The summed E-state index contributed by atoms with van der Waals surface area (Å²) in [5.41, 5.74) is 1.34. The third kappa shape index (κ3) is 3.08. The van der Waals surface area contributed by atoms with Crippen LogP contribution in [0.15, 0.2) is 18.2 Å². The Hall–Kier alpha value is -1.84. The first-order chi connectivity index (χ1) is 7.54. The van der Waals surface area contributed by atoms with Gasteiger partial charge in [0.15, 0.2) is 0 Å². The van der Waals surface area contributed by atoms with E-state index >= 15 is 0 Å². The summed E-state index contributed by atoms with van der Waals surface area (Å²) in [6, 6.07) is 4.93. The molecule has 0 aliphatic rings. The largest absolute Gasteiger partial charge is 0.478 e. The number of rotatable bonds is 4. The minimum atomic E-state index is -1.03. The highest BCUT2D eigenvalue weighted by Gasteiger charge is 2.11. The molecular formula is C12H15NO3. The zero-order valence-corrected chi connectivity index (χ0v) is 9.41. The van der Waals surface area contributed by atoms with Crippen LogP contribution in [0.4, 0.5) is 5.69 Å². The molecule has 1 aromatic rings. The Morgan fingerprint density at radius 3 is 2.62 bits per heavy atom. The molecule has 0 spiro atoms. The topological polar surface area (TPSA) is 66.4 Å². The van der Waals surface area contributed by atoms with Gasteiger partial charge in [-0.1, -0.05) is 18.6 Å². The van der Waals surface area contributed by atoms with Crippen LogP contribution in [-0.2, 0) is 4.79 Å². The van der Waals surface area contributed by atoms with Crippen molar-refractivity contribution < 1.29 is 14.7 Å². The number of carboxylic acids is 1. The van der Waals surface area contributed by atoms with Gasteiger partial charge in [-0.25, -0.2) is 4.79 Å². The summed E-state index contributed by atoms with van der Waals surface area (Å²) in [4.78, 5) is 22.3. The number of aromatic carboxylic acids is 1. The van der Waals surface area contributed by atoms with E-state index in [0.717, 1.165) is 12.0 Å². The fraction of sp³-hybridized carbons (Fsp3) is 0.333. The van der Waals surface area contributed by atoms with Gasteiger partial charge in [-0.2, -0.15) is 0 Å². The van der Waals surface area contributed by atoms with Crippen LogP contribution in [0.3, 0.4) is 0 Å². The normalized spacial score (nSPS) is 9.88. The van der Waals surface area contributed by atoms with Gasteiger partial charge in [-0.15, -0.1) is 0 Å². The van der Waals surface area contributed by atoms with Crippen LogP contribution in [-0.4, -0.2) is 17.0 Å². The predicted molar refractivity (Wildman–Crippen MR) is 61.7 cm³/mol. The van der Waals surface area contributed by atoms with E-state index in [1.165, 1.54) is 0 Å². The molecule has 0 bridgehead atoms. The highest BCUT2D eigenvalue weighted by molar-refractivity contribution is 6.00. The van der Waals surface area contributed by atoms with Crippen LogP contribution < -0.4 is 5.32 Å². The maximum Gasteiger partial charge on any atom is 0.337 e. The molecule has 4 heteroatoms. The van der Waals surface area contributed by atoms with Crippen molar-refractivity contribution in [2.75, 3.05) is 5.32 Å². The molecule has 0 atom stereocenters. The number of amides is 1. The number of carbonyl (C=O) groups excluding carboxylic acids is 1.